The average Bonchev–Trinajstić information content (AvgIpc) is 3.37. The number of rotatable bonds is 12. The van der Waals surface area contributed by atoms with Gasteiger partial charge in [0.1, 0.15) is 10.6 Å². The van der Waals surface area contributed by atoms with E-state index >= 15 is 0 Å². The number of hydrogen-bond acceptors (Lipinski definition) is 7. The fraction of sp³-hybridized carbons (Fsp3) is 0.481. The maximum absolute atomic E-state index is 13.0. The van der Waals surface area contributed by atoms with Gasteiger partial charge in [-0.25, -0.2) is 4.79 Å². The van der Waals surface area contributed by atoms with Crippen molar-refractivity contribution in [2.75, 3.05) is 19.8 Å². The molecule has 0 aromatic heterocycles. The Morgan fingerprint density at radius 1 is 1.11 bits per heavy atom. The lowest BCUT2D eigenvalue weighted by Crippen LogP contribution is -2.39. The minimum atomic E-state index is -4.28. The van der Waals surface area contributed by atoms with Crippen molar-refractivity contribution in [1.29, 1.82) is 0 Å². The highest BCUT2D eigenvalue weighted by Crippen LogP contribution is 2.24. The van der Waals surface area contributed by atoms with E-state index in [0.717, 1.165) is 24.8 Å². The Morgan fingerprint density at radius 3 is 2.47 bits per heavy atom. The predicted octanol–water partition coefficient (Wildman–Crippen LogP) is 4.57. The number of carbonyl (C=O) groups is 2. The molecule has 8 nitrogen and oxygen atoms in total. The topological polar surface area (TPSA) is 99.2 Å². The molecule has 0 spiro atoms. The first kappa shape index (κ1) is 27.7. The zero-order valence-electron chi connectivity index (χ0n) is 21.1. The molecule has 196 valence electrons. The van der Waals surface area contributed by atoms with Crippen LogP contribution in [0.15, 0.2) is 53.4 Å². The van der Waals surface area contributed by atoms with Crippen LogP contribution in [0.25, 0.3) is 0 Å². The molecular weight excluding hydrogens is 482 g/mol. The summed E-state index contributed by atoms with van der Waals surface area (Å²) in [5, 5.41) is 0. The van der Waals surface area contributed by atoms with Gasteiger partial charge in [-0.3, -0.25) is 4.79 Å². The first-order valence-corrected chi connectivity index (χ1v) is 13.8. The molecule has 2 aromatic rings. The Balaban J connectivity index is 1.71. The Labute approximate surface area is 213 Å². The Kier molecular flexibility index (Phi) is 9.89. The summed E-state index contributed by atoms with van der Waals surface area (Å²) in [7, 11) is -4.28. The molecule has 1 fully saturated rings. The van der Waals surface area contributed by atoms with E-state index in [1.54, 1.807) is 35.2 Å². The lowest BCUT2D eigenvalue weighted by atomic mass is 10.1. The third-order valence-electron chi connectivity index (χ3n) is 5.86. The van der Waals surface area contributed by atoms with Gasteiger partial charge in [0.15, 0.2) is 0 Å². The smallest absolute Gasteiger partial charge is 0.340 e. The third-order valence-corrected chi connectivity index (χ3v) is 7.17. The number of amides is 1. The zero-order valence-corrected chi connectivity index (χ0v) is 22.0. The van der Waals surface area contributed by atoms with Crippen LogP contribution in [0.3, 0.4) is 0 Å². The number of nitrogens with zero attached hydrogens (tertiary/aromatic N) is 1. The van der Waals surface area contributed by atoms with E-state index in [-0.39, 0.29) is 40.7 Å². The fourth-order valence-electron chi connectivity index (χ4n) is 3.91. The van der Waals surface area contributed by atoms with Crippen molar-refractivity contribution < 1.29 is 31.7 Å². The first-order chi connectivity index (χ1) is 17.2. The molecule has 1 amide bonds. The van der Waals surface area contributed by atoms with Crippen molar-refractivity contribution in [2.45, 2.75) is 64.0 Å². The van der Waals surface area contributed by atoms with E-state index in [0.29, 0.717) is 26.1 Å². The maximum atomic E-state index is 13.0. The minimum absolute atomic E-state index is 0.0363. The summed E-state index contributed by atoms with van der Waals surface area (Å²) >= 11 is 0. The van der Waals surface area contributed by atoms with Crippen LogP contribution >= 0.6 is 0 Å². The van der Waals surface area contributed by atoms with Crippen molar-refractivity contribution >= 4 is 22.0 Å². The van der Waals surface area contributed by atoms with Crippen LogP contribution in [0.1, 0.15) is 62.4 Å². The molecule has 1 saturated heterocycles. The van der Waals surface area contributed by atoms with Gasteiger partial charge in [0.2, 0.25) is 5.91 Å². The van der Waals surface area contributed by atoms with Crippen molar-refractivity contribution in [3.8, 4) is 5.75 Å². The van der Waals surface area contributed by atoms with Crippen molar-refractivity contribution in [3.63, 3.8) is 0 Å². The number of hydrogen-bond donors (Lipinski definition) is 0. The van der Waals surface area contributed by atoms with Crippen molar-refractivity contribution in [2.24, 2.45) is 5.92 Å². The monoisotopic (exact) mass is 517 g/mol. The van der Waals surface area contributed by atoms with Gasteiger partial charge in [-0.05, 0) is 49.1 Å². The van der Waals surface area contributed by atoms with Crippen LogP contribution in [0.5, 0.6) is 5.75 Å². The van der Waals surface area contributed by atoms with Crippen molar-refractivity contribution in [3.05, 3.63) is 59.7 Å². The minimum Gasteiger partial charge on any atom is -0.462 e. The number of carbonyl (C=O) groups excluding carboxylic acids is 2. The van der Waals surface area contributed by atoms with Gasteiger partial charge < -0.3 is 18.6 Å². The van der Waals surface area contributed by atoms with Gasteiger partial charge >= 0.3 is 16.1 Å². The predicted molar refractivity (Wildman–Crippen MR) is 135 cm³/mol. The van der Waals surface area contributed by atoms with Gasteiger partial charge in [-0.2, -0.15) is 8.42 Å². The summed E-state index contributed by atoms with van der Waals surface area (Å²) in [6.45, 7) is 7.54. The van der Waals surface area contributed by atoms with E-state index in [1.807, 2.05) is 20.8 Å². The van der Waals surface area contributed by atoms with E-state index < -0.39 is 16.1 Å². The molecule has 3 rings (SSSR count). The highest BCUT2D eigenvalue weighted by Gasteiger charge is 2.26. The van der Waals surface area contributed by atoms with Gasteiger partial charge in [0, 0.05) is 25.6 Å². The Morgan fingerprint density at radius 2 is 1.83 bits per heavy atom. The van der Waals surface area contributed by atoms with Crippen LogP contribution in [-0.2, 0) is 30.9 Å². The SMILES string of the molecule is CCCCOC(=O)c1ccccc1S(=O)(=O)Oc1ccc(CN(C[C@H]2CCCO2)C(=O)C(C)C)cc1. The zero-order chi connectivity index (χ0) is 26.1. The Bertz CT molecular complexity index is 1120. The molecule has 1 atom stereocenters. The molecule has 1 aliphatic rings. The van der Waals surface area contributed by atoms with E-state index in [2.05, 4.69) is 0 Å². The second-order valence-electron chi connectivity index (χ2n) is 9.18. The summed E-state index contributed by atoms with van der Waals surface area (Å²) in [6.07, 6.45) is 3.50. The summed E-state index contributed by atoms with van der Waals surface area (Å²) in [5.74, 6) is -0.708. The second kappa shape index (κ2) is 12.9. The molecule has 0 radical (unpaired) electrons. The van der Waals surface area contributed by atoms with E-state index in [4.69, 9.17) is 13.7 Å². The molecule has 1 aliphatic heterocycles. The molecule has 0 N–H and O–H groups in total. The highest BCUT2D eigenvalue weighted by atomic mass is 32.2. The molecule has 0 bridgehead atoms. The largest absolute Gasteiger partial charge is 0.462 e. The number of ether oxygens (including phenoxy) is 2. The van der Waals surface area contributed by atoms with E-state index in [1.165, 1.54) is 18.2 Å². The fourth-order valence-corrected chi connectivity index (χ4v) is 5.03. The van der Waals surface area contributed by atoms with Crippen molar-refractivity contribution in [1.82, 2.24) is 4.90 Å². The van der Waals surface area contributed by atoms with Crippen LogP contribution in [-0.4, -0.2) is 51.1 Å². The third kappa shape index (κ3) is 7.54. The maximum Gasteiger partial charge on any atom is 0.340 e. The second-order valence-corrected chi connectivity index (χ2v) is 10.7. The summed E-state index contributed by atoms with van der Waals surface area (Å²) in [4.78, 5) is 26.7. The number of esters is 1. The van der Waals surface area contributed by atoms with Crippen LogP contribution in [0, 0.1) is 5.92 Å². The Hall–Kier alpha value is -2.91. The molecule has 0 unspecified atom stereocenters. The van der Waals surface area contributed by atoms with Crippen LogP contribution in [0.4, 0.5) is 0 Å². The van der Waals surface area contributed by atoms with Gasteiger partial charge in [-0.15, -0.1) is 0 Å². The van der Waals surface area contributed by atoms with Crippen LogP contribution in [0.2, 0.25) is 0 Å². The summed E-state index contributed by atoms with van der Waals surface area (Å²) in [5.41, 5.74) is 0.772. The molecular formula is C27H35NO7S. The molecule has 0 saturated carbocycles. The molecule has 36 heavy (non-hydrogen) atoms. The quantitative estimate of drug-likeness (QED) is 0.231. The molecule has 0 aliphatic carbocycles. The average molecular weight is 518 g/mol. The lowest BCUT2D eigenvalue weighted by Gasteiger charge is -2.27. The molecule has 1 heterocycles. The normalized spacial score (nSPS) is 15.6. The first-order valence-electron chi connectivity index (χ1n) is 12.4. The van der Waals surface area contributed by atoms with Gasteiger partial charge in [0.05, 0.1) is 18.3 Å². The van der Waals surface area contributed by atoms with Gasteiger partial charge in [0.25, 0.3) is 0 Å². The molecule has 2 aromatic carbocycles. The lowest BCUT2D eigenvalue weighted by molar-refractivity contribution is -0.136. The number of benzene rings is 2. The molecule has 9 heteroatoms. The van der Waals surface area contributed by atoms with Crippen LogP contribution < -0.4 is 4.18 Å². The standard InChI is InChI=1S/C27H35NO7S/c1-4-5-16-34-27(30)24-10-6-7-11-25(24)36(31,32)35-22-14-12-21(13-15-22)18-28(26(29)20(2)3)19-23-9-8-17-33-23/h6-7,10-15,20,23H,4-5,8-9,16-19H2,1-3H3/t23-/m1/s1. The number of unbranched alkanes of at least 4 members (excludes halogenated alkanes) is 1. The highest BCUT2D eigenvalue weighted by molar-refractivity contribution is 7.87. The summed E-state index contributed by atoms with van der Waals surface area (Å²) in [6, 6.07) is 12.4. The van der Waals surface area contributed by atoms with E-state index in [9.17, 15) is 18.0 Å². The summed E-state index contributed by atoms with van der Waals surface area (Å²) < 4.78 is 42.2. The van der Waals surface area contributed by atoms with Gasteiger partial charge in [-0.1, -0.05) is 51.5 Å².